The molecule has 3 aromatic rings. The highest BCUT2D eigenvalue weighted by Gasteiger charge is 2.21. The van der Waals surface area contributed by atoms with E-state index in [9.17, 15) is 9.90 Å². The van der Waals surface area contributed by atoms with Gasteiger partial charge in [-0.25, -0.2) is 4.98 Å². The van der Waals surface area contributed by atoms with Crippen LogP contribution in [0.3, 0.4) is 0 Å². The van der Waals surface area contributed by atoms with Crippen molar-refractivity contribution in [2.45, 2.75) is 26.0 Å². The zero-order valence-corrected chi connectivity index (χ0v) is 19.5. The molecule has 33 heavy (non-hydrogen) atoms. The van der Waals surface area contributed by atoms with Gasteiger partial charge in [-0.3, -0.25) is 14.6 Å². The lowest BCUT2D eigenvalue weighted by Crippen LogP contribution is -2.48. The first-order valence-electron chi connectivity index (χ1n) is 11.1. The number of oxazole rings is 1. The van der Waals surface area contributed by atoms with Crippen molar-refractivity contribution in [1.82, 2.24) is 14.8 Å². The molecular formula is C25H29ClN4O3. The number of benzene rings is 2. The fourth-order valence-electron chi connectivity index (χ4n) is 3.92. The molecular weight excluding hydrogens is 440 g/mol. The Morgan fingerprint density at radius 3 is 2.61 bits per heavy atom. The van der Waals surface area contributed by atoms with Gasteiger partial charge >= 0.3 is 0 Å². The summed E-state index contributed by atoms with van der Waals surface area (Å²) in [6.07, 6.45) is 1.67. The normalized spacial score (nSPS) is 16.0. The number of β-amino-alcohol motifs (C(OH)–C–C–N with tert-alkyl or cyclic N) is 1. The lowest BCUT2D eigenvalue weighted by atomic mass is 10.1. The molecule has 0 radical (unpaired) electrons. The van der Waals surface area contributed by atoms with Crippen molar-refractivity contribution in [3.8, 4) is 0 Å². The predicted molar refractivity (Wildman–Crippen MR) is 129 cm³/mol. The van der Waals surface area contributed by atoms with Crippen molar-refractivity contribution < 1.29 is 14.3 Å². The van der Waals surface area contributed by atoms with E-state index in [0.717, 1.165) is 37.3 Å². The van der Waals surface area contributed by atoms with Gasteiger partial charge in [-0.15, -0.1) is 0 Å². The van der Waals surface area contributed by atoms with Crippen LogP contribution in [0, 0.1) is 6.92 Å². The number of anilines is 1. The highest BCUT2D eigenvalue weighted by molar-refractivity contribution is 6.31. The topological polar surface area (TPSA) is 81.8 Å². The highest BCUT2D eigenvalue weighted by atomic mass is 35.5. The third-order valence-electron chi connectivity index (χ3n) is 5.82. The Labute approximate surface area is 199 Å². The van der Waals surface area contributed by atoms with E-state index in [0.29, 0.717) is 36.1 Å². The summed E-state index contributed by atoms with van der Waals surface area (Å²) in [5, 5.41) is 13.8. The van der Waals surface area contributed by atoms with Crippen LogP contribution in [-0.4, -0.2) is 64.6 Å². The van der Waals surface area contributed by atoms with Crippen LogP contribution in [0.15, 0.2) is 59.2 Å². The standard InChI is InChI=1S/C25H29ClN4O3/c1-18-7-8-20(14-22(18)26)27-25(32)23-17-33-24(28-23)16-30-11-9-29(10-12-30)15-21(31)13-19-5-3-2-4-6-19/h2-8,14,17,21,31H,9-13,15-16H2,1H3,(H,27,32). The van der Waals surface area contributed by atoms with Gasteiger partial charge in [-0.2, -0.15) is 0 Å². The Bertz CT molecular complexity index is 1060. The summed E-state index contributed by atoms with van der Waals surface area (Å²) in [5.41, 5.74) is 2.96. The second kappa shape index (κ2) is 10.9. The molecule has 2 aromatic carbocycles. The van der Waals surface area contributed by atoms with Crippen molar-refractivity contribution in [1.29, 1.82) is 0 Å². The smallest absolute Gasteiger partial charge is 0.277 e. The van der Waals surface area contributed by atoms with E-state index in [-0.39, 0.29) is 17.7 Å². The molecule has 0 saturated carbocycles. The first-order valence-corrected chi connectivity index (χ1v) is 11.5. The third-order valence-corrected chi connectivity index (χ3v) is 6.23. The van der Waals surface area contributed by atoms with Gasteiger partial charge in [0.05, 0.1) is 12.6 Å². The van der Waals surface area contributed by atoms with Gasteiger partial charge in [0.25, 0.3) is 5.91 Å². The van der Waals surface area contributed by atoms with Crippen LogP contribution >= 0.6 is 11.6 Å². The van der Waals surface area contributed by atoms with E-state index < -0.39 is 0 Å². The number of hydrogen-bond acceptors (Lipinski definition) is 6. The van der Waals surface area contributed by atoms with Crippen LogP contribution in [-0.2, 0) is 13.0 Å². The number of aromatic nitrogens is 1. The monoisotopic (exact) mass is 468 g/mol. The second-order valence-electron chi connectivity index (χ2n) is 8.46. The summed E-state index contributed by atoms with van der Waals surface area (Å²) < 4.78 is 5.53. The minimum atomic E-state index is -0.379. The maximum Gasteiger partial charge on any atom is 0.277 e. The largest absolute Gasteiger partial charge is 0.447 e. The summed E-state index contributed by atoms with van der Waals surface area (Å²) in [6.45, 7) is 6.56. The predicted octanol–water partition coefficient (Wildman–Crippen LogP) is 3.61. The van der Waals surface area contributed by atoms with Crippen molar-refractivity contribution in [3.63, 3.8) is 0 Å². The molecule has 1 aliphatic heterocycles. The van der Waals surface area contributed by atoms with Crippen molar-refractivity contribution in [2.75, 3.05) is 38.0 Å². The van der Waals surface area contributed by atoms with E-state index >= 15 is 0 Å². The fourth-order valence-corrected chi connectivity index (χ4v) is 4.10. The zero-order chi connectivity index (χ0) is 23.2. The van der Waals surface area contributed by atoms with E-state index in [1.807, 2.05) is 43.3 Å². The first kappa shape index (κ1) is 23.4. The Hall–Kier alpha value is -2.71. The zero-order valence-electron chi connectivity index (χ0n) is 18.7. The Balaban J connectivity index is 1.22. The number of aliphatic hydroxyl groups is 1. The van der Waals surface area contributed by atoms with E-state index in [1.54, 1.807) is 12.1 Å². The average Bonchev–Trinajstić information content (AvgIpc) is 3.27. The van der Waals surface area contributed by atoms with Gasteiger partial charge in [0.15, 0.2) is 5.69 Å². The van der Waals surface area contributed by atoms with Crippen molar-refractivity contribution in [2.24, 2.45) is 0 Å². The molecule has 1 fully saturated rings. The van der Waals surface area contributed by atoms with Crippen LogP contribution in [0.25, 0.3) is 0 Å². The molecule has 0 aliphatic carbocycles. The SMILES string of the molecule is Cc1ccc(NC(=O)c2coc(CN3CCN(CC(O)Cc4ccccc4)CC3)n2)cc1Cl. The molecule has 7 nitrogen and oxygen atoms in total. The van der Waals surface area contributed by atoms with Gasteiger partial charge in [0.1, 0.15) is 6.26 Å². The number of halogens is 1. The molecule has 1 saturated heterocycles. The molecule has 2 N–H and O–H groups in total. The Kier molecular flexibility index (Phi) is 7.77. The molecule has 8 heteroatoms. The maximum atomic E-state index is 12.5. The number of amides is 1. The summed E-state index contributed by atoms with van der Waals surface area (Å²) >= 11 is 6.12. The van der Waals surface area contributed by atoms with Gasteiger partial charge < -0.3 is 14.8 Å². The van der Waals surface area contributed by atoms with Gasteiger partial charge in [-0.1, -0.05) is 48.0 Å². The summed E-state index contributed by atoms with van der Waals surface area (Å²) in [5.74, 6) is 0.182. The molecule has 1 atom stereocenters. The molecule has 1 unspecified atom stereocenters. The Morgan fingerprint density at radius 2 is 1.88 bits per heavy atom. The quantitative estimate of drug-likeness (QED) is 0.525. The number of carbonyl (C=O) groups is 1. The summed E-state index contributed by atoms with van der Waals surface area (Å²) in [6, 6.07) is 15.4. The number of nitrogens with one attached hydrogen (secondary N) is 1. The number of carbonyl (C=O) groups excluding carboxylic acids is 1. The number of hydrogen-bond donors (Lipinski definition) is 2. The third kappa shape index (κ3) is 6.65. The first-order chi connectivity index (χ1) is 16.0. The molecule has 1 amide bonds. The van der Waals surface area contributed by atoms with E-state index in [2.05, 4.69) is 20.1 Å². The van der Waals surface area contributed by atoms with Crippen molar-refractivity contribution >= 4 is 23.2 Å². The fraction of sp³-hybridized carbons (Fsp3) is 0.360. The van der Waals surface area contributed by atoms with Gasteiger partial charge in [-0.05, 0) is 36.6 Å². The molecule has 0 spiro atoms. The average molecular weight is 469 g/mol. The number of aliphatic hydroxyl groups excluding tert-OH is 1. The molecule has 174 valence electrons. The Morgan fingerprint density at radius 1 is 1.15 bits per heavy atom. The van der Waals surface area contributed by atoms with Gasteiger partial charge in [0, 0.05) is 43.4 Å². The van der Waals surface area contributed by atoms with Crippen molar-refractivity contribution in [3.05, 3.63) is 82.5 Å². The molecule has 1 aliphatic rings. The minimum Gasteiger partial charge on any atom is -0.447 e. The van der Waals surface area contributed by atoms with Crippen LogP contribution < -0.4 is 5.32 Å². The summed E-state index contributed by atoms with van der Waals surface area (Å²) in [4.78, 5) is 21.3. The van der Waals surface area contributed by atoms with E-state index in [1.165, 1.54) is 6.26 Å². The number of piperazine rings is 1. The van der Waals surface area contributed by atoms with Crippen LogP contribution in [0.2, 0.25) is 5.02 Å². The lowest BCUT2D eigenvalue weighted by molar-refractivity contribution is 0.0675. The number of aryl methyl sites for hydroxylation is 1. The molecule has 0 bridgehead atoms. The van der Waals surface area contributed by atoms with Crippen LogP contribution in [0.1, 0.15) is 27.5 Å². The molecule has 2 heterocycles. The highest BCUT2D eigenvalue weighted by Crippen LogP contribution is 2.20. The van der Waals surface area contributed by atoms with E-state index in [4.69, 9.17) is 16.0 Å². The minimum absolute atomic E-state index is 0.240. The lowest BCUT2D eigenvalue weighted by Gasteiger charge is -2.35. The number of rotatable bonds is 8. The molecule has 1 aromatic heterocycles. The van der Waals surface area contributed by atoms with Crippen LogP contribution in [0.5, 0.6) is 0 Å². The summed E-state index contributed by atoms with van der Waals surface area (Å²) in [7, 11) is 0. The second-order valence-corrected chi connectivity index (χ2v) is 8.87. The molecule has 4 rings (SSSR count). The maximum absolute atomic E-state index is 12.5. The van der Waals surface area contributed by atoms with Gasteiger partial charge in [0.2, 0.25) is 5.89 Å². The van der Waals surface area contributed by atoms with Crippen LogP contribution in [0.4, 0.5) is 5.69 Å². The number of nitrogens with zero attached hydrogens (tertiary/aromatic N) is 3.